The fourth-order valence-corrected chi connectivity index (χ4v) is 4.52. The van der Waals surface area contributed by atoms with Crippen LogP contribution in [0.1, 0.15) is 31.9 Å². The molecule has 1 N–H and O–H groups in total. The quantitative estimate of drug-likeness (QED) is 0.910. The molecule has 22 heavy (non-hydrogen) atoms. The third kappa shape index (κ3) is 2.16. The highest BCUT2D eigenvalue weighted by molar-refractivity contribution is 5.39. The molecule has 2 atom stereocenters. The van der Waals surface area contributed by atoms with Crippen molar-refractivity contribution in [3.63, 3.8) is 0 Å². The summed E-state index contributed by atoms with van der Waals surface area (Å²) < 4.78 is 12.7. The molecule has 120 valence electrons. The molecule has 1 spiro atoms. The highest BCUT2D eigenvalue weighted by atomic mass is 16.5. The van der Waals surface area contributed by atoms with Crippen LogP contribution in [0.5, 0.6) is 5.75 Å². The van der Waals surface area contributed by atoms with Crippen molar-refractivity contribution in [3.05, 3.63) is 29.8 Å². The van der Waals surface area contributed by atoms with Gasteiger partial charge in [0.05, 0.1) is 19.3 Å². The number of likely N-dealkylation sites (tertiary alicyclic amines) is 1. The van der Waals surface area contributed by atoms with Gasteiger partial charge in [-0.05, 0) is 26.3 Å². The summed E-state index contributed by atoms with van der Waals surface area (Å²) in [5, 5.41) is 9.08. The number of hydrogen-bond donors (Lipinski definition) is 1. The first-order chi connectivity index (χ1) is 10.5. The summed E-state index contributed by atoms with van der Waals surface area (Å²) in [6, 6.07) is 8.28. The van der Waals surface area contributed by atoms with E-state index in [1.54, 1.807) is 0 Å². The highest BCUT2D eigenvalue weighted by Gasteiger charge is 2.55. The second kappa shape index (κ2) is 4.95. The smallest absolute Gasteiger partial charge is 0.125 e. The fourth-order valence-electron chi connectivity index (χ4n) is 4.52. The van der Waals surface area contributed by atoms with Gasteiger partial charge in [-0.3, -0.25) is 4.90 Å². The molecular formula is C18H25NO3. The SMILES string of the molecule is CC1(C)Oc2ccccc2[C@H]2OCC3(C[C@@H]21)CN(CCO)C3. The molecule has 0 saturated carbocycles. The van der Waals surface area contributed by atoms with Crippen LogP contribution in [0.2, 0.25) is 0 Å². The van der Waals surface area contributed by atoms with E-state index in [2.05, 4.69) is 30.9 Å². The Bertz CT molecular complexity index is 565. The number of aliphatic hydroxyl groups is 1. The maximum Gasteiger partial charge on any atom is 0.125 e. The fraction of sp³-hybridized carbons (Fsp3) is 0.667. The van der Waals surface area contributed by atoms with Crippen LogP contribution in [0.15, 0.2) is 24.3 Å². The third-order valence-corrected chi connectivity index (χ3v) is 5.61. The first-order valence-electron chi connectivity index (χ1n) is 8.26. The van der Waals surface area contributed by atoms with E-state index in [9.17, 15) is 0 Å². The van der Waals surface area contributed by atoms with Crippen molar-refractivity contribution >= 4 is 0 Å². The molecule has 2 saturated heterocycles. The highest BCUT2D eigenvalue weighted by Crippen LogP contribution is 2.54. The predicted octanol–water partition coefficient (Wildman–Crippen LogP) is 2.23. The number of rotatable bonds is 2. The predicted molar refractivity (Wildman–Crippen MR) is 83.9 cm³/mol. The van der Waals surface area contributed by atoms with E-state index in [0.29, 0.717) is 5.92 Å². The number of nitrogens with zero attached hydrogens (tertiary/aromatic N) is 1. The molecule has 0 radical (unpaired) electrons. The van der Waals surface area contributed by atoms with E-state index in [1.165, 1.54) is 5.56 Å². The number of aliphatic hydroxyl groups excluding tert-OH is 1. The molecule has 3 aliphatic rings. The van der Waals surface area contributed by atoms with Crippen LogP contribution in [-0.4, -0.2) is 48.5 Å². The number of ether oxygens (including phenoxy) is 2. The van der Waals surface area contributed by atoms with Crippen LogP contribution in [0.25, 0.3) is 0 Å². The molecule has 0 bridgehead atoms. The zero-order valence-corrected chi connectivity index (χ0v) is 13.4. The molecule has 3 aliphatic heterocycles. The summed E-state index contributed by atoms with van der Waals surface area (Å²) in [7, 11) is 0. The number of β-amino-alcohol motifs (C(OH)–C–C–N with tert-alkyl or cyclic N) is 1. The molecule has 0 aliphatic carbocycles. The van der Waals surface area contributed by atoms with Gasteiger partial charge in [0, 0.05) is 36.5 Å². The van der Waals surface area contributed by atoms with Gasteiger partial charge in [0.25, 0.3) is 0 Å². The van der Waals surface area contributed by atoms with Gasteiger partial charge in [-0.25, -0.2) is 0 Å². The van der Waals surface area contributed by atoms with Gasteiger partial charge in [-0.15, -0.1) is 0 Å². The van der Waals surface area contributed by atoms with Crippen LogP contribution >= 0.6 is 0 Å². The summed E-state index contributed by atoms with van der Waals surface area (Å²) >= 11 is 0. The first kappa shape index (κ1) is 14.5. The van der Waals surface area contributed by atoms with E-state index < -0.39 is 0 Å². The molecule has 0 aromatic heterocycles. The Labute approximate surface area is 132 Å². The van der Waals surface area contributed by atoms with E-state index in [-0.39, 0.29) is 23.7 Å². The summed E-state index contributed by atoms with van der Waals surface area (Å²) in [6.07, 6.45) is 1.29. The summed E-state index contributed by atoms with van der Waals surface area (Å²) in [5.74, 6) is 1.35. The summed E-state index contributed by atoms with van der Waals surface area (Å²) in [6.45, 7) is 8.29. The van der Waals surface area contributed by atoms with E-state index in [1.807, 2.05) is 12.1 Å². The van der Waals surface area contributed by atoms with Crippen LogP contribution in [0.3, 0.4) is 0 Å². The van der Waals surface area contributed by atoms with Crippen molar-refractivity contribution in [3.8, 4) is 5.75 Å². The Morgan fingerprint density at radius 2 is 2.05 bits per heavy atom. The minimum atomic E-state index is -0.205. The topological polar surface area (TPSA) is 41.9 Å². The molecule has 2 fully saturated rings. The molecule has 1 aromatic carbocycles. The molecule has 4 heteroatoms. The molecule has 0 unspecified atom stereocenters. The standard InChI is InChI=1S/C18H25NO3/c1-17(2)14-9-18(10-19(11-18)7-8-20)12-21-16(14)13-5-3-4-6-15(13)22-17/h3-6,14,16,20H,7-12H2,1-2H3/t14-,16+/m0/s1. The van der Waals surface area contributed by atoms with Crippen molar-refractivity contribution in [1.29, 1.82) is 0 Å². The minimum absolute atomic E-state index is 0.150. The summed E-state index contributed by atoms with van der Waals surface area (Å²) in [4.78, 5) is 2.31. The van der Waals surface area contributed by atoms with Gasteiger partial charge in [0.15, 0.2) is 0 Å². The first-order valence-corrected chi connectivity index (χ1v) is 8.26. The van der Waals surface area contributed by atoms with Crippen molar-refractivity contribution in [1.82, 2.24) is 4.90 Å². The molecule has 3 heterocycles. The number of hydrogen-bond acceptors (Lipinski definition) is 4. The number of fused-ring (bicyclic) bond motifs is 3. The summed E-state index contributed by atoms with van der Waals surface area (Å²) in [5.41, 5.74) is 1.25. The second-order valence-electron chi connectivity index (χ2n) is 7.72. The van der Waals surface area contributed by atoms with E-state index in [0.717, 1.165) is 38.4 Å². The normalized spacial score (nSPS) is 31.8. The average Bonchev–Trinajstić information content (AvgIpc) is 2.46. The lowest BCUT2D eigenvalue weighted by Gasteiger charge is -2.58. The number of para-hydroxylation sites is 1. The Hall–Kier alpha value is -1.10. The monoisotopic (exact) mass is 303 g/mol. The average molecular weight is 303 g/mol. The Kier molecular flexibility index (Phi) is 3.26. The lowest BCUT2D eigenvalue weighted by molar-refractivity contribution is -0.199. The van der Waals surface area contributed by atoms with E-state index >= 15 is 0 Å². The van der Waals surface area contributed by atoms with Gasteiger partial charge < -0.3 is 14.6 Å². The zero-order valence-electron chi connectivity index (χ0n) is 13.4. The molecule has 0 amide bonds. The van der Waals surface area contributed by atoms with Gasteiger partial charge in [0.2, 0.25) is 0 Å². The van der Waals surface area contributed by atoms with Crippen molar-refractivity contribution < 1.29 is 14.6 Å². The lowest BCUT2D eigenvalue weighted by atomic mass is 9.65. The second-order valence-corrected chi connectivity index (χ2v) is 7.72. The lowest BCUT2D eigenvalue weighted by Crippen LogP contribution is -2.64. The Balaban J connectivity index is 1.58. The van der Waals surface area contributed by atoms with Crippen molar-refractivity contribution in [2.75, 3.05) is 32.8 Å². The van der Waals surface area contributed by atoms with Crippen LogP contribution in [0.4, 0.5) is 0 Å². The minimum Gasteiger partial charge on any atom is -0.487 e. The Morgan fingerprint density at radius 1 is 1.27 bits per heavy atom. The number of benzene rings is 1. The Morgan fingerprint density at radius 3 is 2.82 bits per heavy atom. The molecule has 4 nitrogen and oxygen atoms in total. The van der Waals surface area contributed by atoms with Crippen molar-refractivity contribution in [2.45, 2.75) is 32.0 Å². The van der Waals surface area contributed by atoms with Gasteiger partial charge in [-0.1, -0.05) is 18.2 Å². The van der Waals surface area contributed by atoms with Gasteiger partial charge >= 0.3 is 0 Å². The molecule has 1 aromatic rings. The van der Waals surface area contributed by atoms with Crippen LogP contribution in [0, 0.1) is 11.3 Å². The van der Waals surface area contributed by atoms with Gasteiger partial charge in [0.1, 0.15) is 11.4 Å². The molecular weight excluding hydrogens is 278 g/mol. The van der Waals surface area contributed by atoms with Gasteiger partial charge in [-0.2, -0.15) is 0 Å². The third-order valence-electron chi connectivity index (χ3n) is 5.61. The van der Waals surface area contributed by atoms with E-state index in [4.69, 9.17) is 14.6 Å². The maximum atomic E-state index is 9.08. The largest absolute Gasteiger partial charge is 0.487 e. The molecule has 4 rings (SSSR count). The van der Waals surface area contributed by atoms with Crippen molar-refractivity contribution in [2.24, 2.45) is 11.3 Å². The van der Waals surface area contributed by atoms with Crippen LogP contribution < -0.4 is 4.74 Å². The maximum absolute atomic E-state index is 9.08. The van der Waals surface area contributed by atoms with Crippen LogP contribution in [-0.2, 0) is 4.74 Å². The zero-order chi connectivity index (χ0) is 15.4.